The normalized spacial score (nSPS) is 18.1. The molecule has 6 heteroatoms. The first-order valence-corrected chi connectivity index (χ1v) is 7.86. The largest absolute Gasteiger partial charge is 0.481 e. The minimum Gasteiger partial charge on any atom is -0.481 e. The number of nitrogens with zero attached hydrogens (tertiary/aromatic N) is 1. The van der Waals surface area contributed by atoms with Gasteiger partial charge in [-0.2, -0.15) is 0 Å². The molecular weight excluding hydrogens is 296 g/mol. The van der Waals surface area contributed by atoms with E-state index in [1.807, 2.05) is 30.3 Å². The minimum atomic E-state index is -0.829. The van der Waals surface area contributed by atoms with Crippen LogP contribution < -0.4 is 5.32 Å². The Hall–Kier alpha value is -2.50. The number of para-hydroxylation sites is 1. The topological polar surface area (TPSA) is 82.8 Å². The number of carboxylic acid groups (broad SMARTS) is 1. The van der Waals surface area contributed by atoms with Gasteiger partial charge >= 0.3 is 12.0 Å². The number of likely N-dealkylation sites (tertiary alicyclic amines) is 1. The van der Waals surface area contributed by atoms with E-state index < -0.39 is 11.9 Å². The molecule has 1 aromatic carbocycles. The van der Waals surface area contributed by atoms with Crippen LogP contribution in [0.15, 0.2) is 34.7 Å². The van der Waals surface area contributed by atoms with Crippen molar-refractivity contribution in [1.82, 2.24) is 10.2 Å². The number of fused-ring (bicyclic) bond motifs is 1. The molecule has 3 rings (SSSR count). The van der Waals surface area contributed by atoms with E-state index >= 15 is 0 Å². The van der Waals surface area contributed by atoms with Crippen LogP contribution in [0.1, 0.15) is 18.6 Å². The van der Waals surface area contributed by atoms with Crippen LogP contribution in [-0.2, 0) is 11.2 Å². The molecule has 0 aliphatic carbocycles. The fraction of sp³-hybridized carbons (Fsp3) is 0.412. The van der Waals surface area contributed by atoms with Crippen molar-refractivity contribution >= 4 is 23.0 Å². The Bertz CT molecular complexity index is 676. The second-order valence-electron chi connectivity index (χ2n) is 5.86. The summed E-state index contributed by atoms with van der Waals surface area (Å²) >= 11 is 0. The number of hydrogen-bond acceptors (Lipinski definition) is 3. The monoisotopic (exact) mass is 316 g/mol. The van der Waals surface area contributed by atoms with Crippen LogP contribution in [0.3, 0.4) is 0 Å². The number of nitrogens with one attached hydrogen (secondary N) is 1. The number of furan rings is 1. The molecule has 1 aliphatic heterocycles. The third-order valence-corrected chi connectivity index (χ3v) is 4.18. The van der Waals surface area contributed by atoms with Crippen molar-refractivity contribution < 1.29 is 19.1 Å². The van der Waals surface area contributed by atoms with E-state index in [9.17, 15) is 9.59 Å². The Morgan fingerprint density at radius 1 is 1.35 bits per heavy atom. The molecule has 2 amide bonds. The second kappa shape index (κ2) is 6.73. The number of urea groups is 1. The van der Waals surface area contributed by atoms with Crippen molar-refractivity contribution in [3.05, 3.63) is 36.1 Å². The summed E-state index contributed by atoms with van der Waals surface area (Å²) in [5.74, 6) is -0.455. The summed E-state index contributed by atoms with van der Waals surface area (Å²) in [6, 6.07) is 9.55. The molecule has 122 valence electrons. The molecular formula is C17H20N2O4. The third-order valence-electron chi connectivity index (χ3n) is 4.18. The number of amides is 2. The molecule has 1 fully saturated rings. The fourth-order valence-electron chi connectivity index (χ4n) is 2.93. The van der Waals surface area contributed by atoms with Gasteiger partial charge in [0, 0.05) is 31.4 Å². The number of aliphatic carboxylic acids is 1. The van der Waals surface area contributed by atoms with Crippen LogP contribution in [0.5, 0.6) is 0 Å². The molecule has 1 unspecified atom stereocenters. The van der Waals surface area contributed by atoms with Crippen LogP contribution in [0.2, 0.25) is 0 Å². The molecule has 0 bridgehead atoms. The molecule has 0 radical (unpaired) electrons. The number of carbonyl (C=O) groups excluding carboxylic acids is 1. The van der Waals surface area contributed by atoms with Gasteiger partial charge in [0.05, 0.1) is 5.92 Å². The third kappa shape index (κ3) is 3.64. The molecule has 2 aromatic rings. The average molecular weight is 316 g/mol. The number of hydrogen-bond donors (Lipinski definition) is 2. The summed E-state index contributed by atoms with van der Waals surface area (Å²) in [7, 11) is 0. The smallest absolute Gasteiger partial charge is 0.317 e. The zero-order valence-corrected chi connectivity index (χ0v) is 12.8. The molecule has 0 spiro atoms. The molecule has 0 saturated carbocycles. The van der Waals surface area contributed by atoms with E-state index in [4.69, 9.17) is 9.52 Å². The van der Waals surface area contributed by atoms with Gasteiger partial charge in [-0.1, -0.05) is 18.2 Å². The SMILES string of the molecule is O=C(O)C1CCCN(C(=O)NCCc2cc3ccccc3o2)C1. The summed E-state index contributed by atoms with van der Waals surface area (Å²) < 4.78 is 5.70. The van der Waals surface area contributed by atoms with Crippen molar-refractivity contribution in [2.24, 2.45) is 5.92 Å². The van der Waals surface area contributed by atoms with Crippen molar-refractivity contribution in [2.45, 2.75) is 19.3 Å². The summed E-state index contributed by atoms with van der Waals surface area (Å²) in [6.45, 7) is 1.36. The molecule has 2 N–H and O–H groups in total. The predicted molar refractivity (Wildman–Crippen MR) is 85.2 cm³/mol. The summed E-state index contributed by atoms with van der Waals surface area (Å²) in [5.41, 5.74) is 0.842. The zero-order valence-electron chi connectivity index (χ0n) is 12.8. The molecule has 6 nitrogen and oxygen atoms in total. The van der Waals surface area contributed by atoms with Gasteiger partial charge in [0.25, 0.3) is 0 Å². The van der Waals surface area contributed by atoms with E-state index in [1.165, 1.54) is 0 Å². The maximum Gasteiger partial charge on any atom is 0.317 e. The van der Waals surface area contributed by atoms with E-state index in [0.29, 0.717) is 25.9 Å². The van der Waals surface area contributed by atoms with Crippen LogP contribution in [0, 0.1) is 5.92 Å². The van der Waals surface area contributed by atoms with E-state index in [0.717, 1.165) is 23.2 Å². The number of benzene rings is 1. The van der Waals surface area contributed by atoms with Crippen molar-refractivity contribution in [1.29, 1.82) is 0 Å². The fourth-order valence-corrected chi connectivity index (χ4v) is 2.93. The van der Waals surface area contributed by atoms with Crippen molar-refractivity contribution in [2.75, 3.05) is 19.6 Å². The first-order chi connectivity index (χ1) is 11.1. The summed E-state index contributed by atoms with van der Waals surface area (Å²) in [5, 5.41) is 12.9. The highest BCUT2D eigenvalue weighted by atomic mass is 16.4. The summed E-state index contributed by atoms with van der Waals surface area (Å²) in [6.07, 6.45) is 1.97. The molecule has 1 saturated heterocycles. The zero-order chi connectivity index (χ0) is 16.2. The Kier molecular flexibility index (Phi) is 4.50. The Labute approximate surface area is 134 Å². The van der Waals surface area contributed by atoms with Gasteiger partial charge in [-0.25, -0.2) is 4.79 Å². The minimum absolute atomic E-state index is 0.202. The van der Waals surface area contributed by atoms with Gasteiger partial charge < -0.3 is 19.7 Å². The van der Waals surface area contributed by atoms with Crippen molar-refractivity contribution in [3.8, 4) is 0 Å². The molecule has 1 atom stereocenters. The average Bonchev–Trinajstić information content (AvgIpc) is 2.97. The van der Waals surface area contributed by atoms with Gasteiger partial charge in [0.2, 0.25) is 0 Å². The van der Waals surface area contributed by atoms with E-state index in [2.05, 4.69) is 5.32 Å². The van der Waals surface area contributed by atoms with Crippen LogP contribution in [0.4, 0.5) is 4.79 Å². The Morgan fingerprint density at radius 2 is 2.17 bits per heavy atom. The molecule has 1 aromatic heterocycles. The highest BCUT2D eigenvalue weighted by Gasteiger charge is 2.27. The first kappa shape index (κ1) is 15.4. The summed E-state index contributed by atoms with van der Waals surface area (Å²) in [4.78, 5) is 24.7. The van der Waals surface area contributed by atoms with Crippen LogP contribution in [0.25, 0.3) is 11.0 Å². The lowest BCUT2D eigenvalue weighted by Gasteiger charge is -2.30. The maximum atomic E-state index is 12.1. The molecule has 1 aliphatic rings. The van der Waals surface area contributed by atoms with Gasteiger partial charge in [-0.15, -0.1) is 0 Å². The Morgan fingerprint density at radius 3 is 2.96 bits per heavy atom. The highest BCUT2D eigenvalue weighted by molar-refractivity contribution is 5.78. The molecule has 23 heavy (non-hydrogen) atoms. The molecule has 2 heterocycles. The van der Waals surface area contributed by atoms with Gasteiger partial charge in [-0.3, -0.25) is 4.79 Å². The maximum absolute atomic E-state index is 12.1. The lowest BCUT2D eigenvalue weighted by molar-refractivity contribution is -0.143. The van der Waals surface area contributed by atoms with Crippen LogP contribution in [-0.4, -0.2) is 41.6 Å². The Balaban J connectivity index is 1.50. The lowest BCUT2D eigenvalue weighted by Crippen LogP contribution is -2.47. The van der Waals surface area contributed by atoms with E-state index in [1.54, 1.807) is 4.90 Å². The number of carbonyl (C=O) groups is 2. The van der Waals surface area contributed by atoms with Crippen molar-refractivity contribution in [3.63, 3.8) is 0 Å². The van der Waals surface area contributed by atoms with Gasteiger partial charge in [0.15, 0.2) is 0 Å². The van der Waals surface area contributed by atoms with Gasteiger partial charge in [0.1, 0.15) is 11.3 Å². The highest BCUT2D eigenvalue weighted by Crippen LogP contribution is 2.19. The predicted octanol–water partition coefficient (Wildman–Crippen LogP) is 2.48. The standard InChI is InChI=1S/C17H20N2O4/c20-16(21)13-5-3-9-19(11-13)17(22)18-8-7-14-10-12-4-1-2-6-15(12)23-14/h1-2,4,6,10,13H,3,5,7-9,11H2,(H,18,22)(H,20,21). The lowest BCUT2D eigenvalue weighted by atomic mass is 9.99. The van der Waals surface area contributed by atoms with Crippen LogP contribution >= 0.6 is 0 Å². The number of carboxylic acids is 1. The number of piperidine rings is 1. The number of rotatable bonds is 4. The quantitative estimate of drug-likeness (QED) is 0.908. The van der Waals surface area contributed by atoms with E-state index in [-0.39, 0.29) is 12.6 Å². The second-order valence-corrected chi connectivity index (χ2v) is 5.86. The van der Waals surface area contributed by atoms with Gasteiger partial charge in [-0.05, 0) is 25.0 Å². The first-order valence-electron chi connectivity index (χ1n) is 7.86.